The fourth-order valence-electron chi connectivity index (χ4n) is 1.19. The largest absolute Gasteiger partial charge is 0.405 e. The third kappa shape index (κ3) is 5.62. The third-order valence-electron chi connectivity index (χ3n) is 1.97. The Labute approximate surface area is 101 Å². The lowest BCUT2D eigenvalue weighted by Crippen LogP contribution is -2.35. The molecule has 1 amide bonds. The minimum atomic E-state index is -4.43. The topological polar surface area (TPSA) is 80.0 Å². The van der Waals surface area contributed by atoms with Crippen LogP contribution in [0.25, 0.3) is 0 Å². The molecule has 0 bridgehead atoms. The number of alkyl halides is 3. The molecule has 1 heterocycles. The van der Waals surface area contributed by atoms with E-state index in [9.17, 15) is 18.0 Å². The summed E-state index contributed by atoms with van der Waals surface area (Å²) in [6.45, 7) is -1.67. The quantitative estimate of drug-likeness (QED) is 0.752. The van der Waals surface area contributed by atoms with Gasteiger partial charge in [0.25, 0.3) is 0 Å². The molecule has 0 unspecified atom stereocenters. The molecule has 102 valence electrons. The van der Waals surface area contributed by atoms with Crippen LogP contribution in [0.3, 0.4) is 0 Å². The normalized spacial score (nSPS) is 11.6. The van der Waals surface area contributed by atoms with E-state index in [1.165, 1.54) is 6.20 Å². The zero-order valence-corrected chi connectivity index (χ0v) is 9.44. The van der Waals surface area contributed by atoms with Crippen LogP contribution in [0.1, 0.15) is 12.1 Å². The molecule has 18 heavy (non-hydrogen) atoms. The van der Waals surface area contributed by atoms with Gasteiger partial charge >= 0.3 is 6.18 Å². The molecule has 2 N–H and O–H groups in total. The van der Waals surface area contributed by atoms with Gasteiger partial charge in [-0.15, -0.1) is 5.10 Å². The van der Waals surface area contributed by atoms with Crippen LogP contribution >= 0.6 is 0 Å². The zero-order chi connectivity index (χ0) is 13.6. The molecule has 9 heteroatoms. The van der Waals surface area contributed by atoms with Gasteiger partial charge in [-0.25, -0.2) is 4.68 Å². The van der Waals surface area contributed by atoms with Crippen LogP contribution in [0, 0.1) is 0 Å². The Morgan fingerprint density at radius 2 is 2.22 bits per heavy atom. The van der Waals surface area contributed by atoms with Gasteiger partial charge in [-0.3, -0.25) is 4.79 Å². The summed E-state index contributed by atoms with van der Waals surface area (Å²) in [5.41, 5.74) is 0.577. The van der Waals surface area contributed by atoms with Crippen LogP contribution in [0.4, 0.5) is 13.2 Å². The molecule has 6 nitrogen and oxygen atoms in total. The molecule has 0 aromatic carbocycles. The molecular formula is C9H13F3N4O2. The average Bonchev–Trinajstić information content (AvgIpc) is 2.70. The highest BCUT2D eigenvalue weighted by Gasteiger charge is 2.27. The van der Waals surface area contributed by atoms with Crippen molar-refractivity contribution < 1.29 is 23.1 Å². The lowest BCUT2D eigenvalue weighted by molar-refractivity contribution is -0.138. The van der Waals surface area contributed by atoms with E-state index in [1.54, 1.807) is 5.32 Å². The Balaban J connectivity index is 2.37. The van der Waals surface area contributed by atoms with E-state index in [0.717, 1.165) is 4.68 Å². The molecule has 0 aliphatic rings. The smallest absolute Gasteiger partial charge is 0.396 e. The number of aryl methyl sites for hydroxylation is 1. The van der Waals surface area contributed by atoms with Crippen LogP contribution < -0.4 is 5.32 Å². The van der Waals surface area contributed by atoms with Gasteiger partial charge in [0.1, 0.15) is 13.1 Å². The number of nitrogens with one attached hydrogen (secondary N) is 1. The van der Waals surface area contributed by atoms with Crippen molar-refractivity contribution in [2.45, 2.75) is 25.6 Å². The summed E-state index contributed by atoms with van der Waals surface area (Å²) in [6.07, 6.45) is -1.95. The van der Waals surface area contributed by atoms with E-state index in [2.05, 4.69) is 10.3 Å². The van der Waals surface area contributed by atoms with Gasteiger partial charge in [0.15, 0.2) is 0 Å². The number of carbonyl (C=O) groups is 1. The SMILES string of the molecule is O=C(Cn1cc(CCCO)nn1)NCC(F)(F)F. The van der Waals surface area contributed by atoms with Crippen LogP contribution in [0.2, 0.25) is 0 Å². The molecule has 0 fully saturated rings. The summed E-state index contributed by atoms with van der Waals surface area (Å²) in [4.78, 5) is 11.1. The predicted octanol–water partition coefficient (Wildman–Crippen LogP) is -0.119. The second-order valence-electron chi connectivity index (χ2n) is 3.63. The average molecular weight is 266 g/mol. The molecule has 0 saturated carbocycles. The number of nitrogens with zero attached hydrogens (tertiary/aromatic N) is 3. The number of carbonyl (C=O) groups excluding carboxylic acids is 1. The van der Waals surface area contributed by atoms with Gasteiger partial charge in [0.2, 0.25) is 5.91 Å². The maximum absolute atomic E-state index is 11.8. The summed E-state index contributed by atoms with van der Waals surface area (Å²) < 4.78 is 36.6. The first-order valence-corrected chi connectivity index (χ1v) is 5.24. The Kier molecular flexibility index (Phi) is 5.08. The Morgan fingerprint density at radius 3 is 2.83 bits per heavy atom. The summed E-state index contributed by atoms with van der Waals surface area (Å²) in [5, 5.41) is 17.6. The van der Waals surface area contributed by atoms with Crippen molar-refractivity contribution in [3.8, 4) is 0 Å². The van der Waals surface area contributed by atoms with Crippen LogP contribution in [-0.2, 0) is 17.8 Å². The van der Waals surface area contributed by atoms with E-state index in [0.29, 0.717) is 18.5 Å². The van der Waals surface area contributed by atoms with E-state index in [4.69, 9.17) is 5.11 Å². The van der Waals surface area contributed by atoms with Crippen molar-refractivity contribution in [2.24, 2.45) is 0 Å². The summed E-state index contributed by atoms with van der Waals surface area (Å²) >= 11 is 0. The van der Waals surface area contributed by atoms with Crippen molar-refractivity contribution in [1.82, 2.24) is 20.3 Å². The van der Waals surface area contributed by atoms with E-state index < -0.39 is 18.6 Å². The first kappa shape index (κ1) is 14.4. The Bertz CT molecular complexity index is 391. The fourth-order valence-corrected chi connectivity index (χ4v) is 1.19. The van der Waals surface area contributed by atoms with Crippen molar-refractivity contribution in [2.75, 3.05) is 13.2 Å². The Hall–Kier alpha value is -1.64. The summed E-state index contributed by atoms with van der Waals surface area (Å²) in [6, 6.07) is 0. The highest BCUT2D eigenvalue weighted by molar-refractivity contribution is 5.75. The fraction of sp³-hybridized carbons (Fsp3) is 0.667. The Morgan fingerprint density at radius 1 is 1.50 bits per heavy atom. The van der Waals surface area contributed by atoms with E-state index in [1.807, 2.05) is 0 Å². The van der Waals surface area contributed by atoms with Crippen molar-refractivity contribution in [1.29, 1.82) is 0 Å². The molecular weight excluding hydrogens is 253 g/mol. The molecule has 0 radical (unpaired) electrons. The van der Waals surface area contributed by atoms with Gasteiger partial charge in [0.05, 0.1) is 5.69 Å². The number of aliphatic hydroxyl groups is 1. The maximum Gasteiger partial charge on any atom is 0.405 e. The summed E-state index contributed by atoms with van der Waals surface area (Å²) in [7, 11) is 0. The van der Waals surface area contributed by atoms with E-state index in [-0.39, 0.29) is 13.2 Å². The number of amides is 1. The molecule has 0 atom stereocenters. The number of aliphatic hydroxyl groups excluding tert-OH is 1. The maximum atomic E-state index is 11.8. The van der Waals surface area contributed by atoms with Crippen LogP contribution in [0.5, 0.6) is 0 Å². The van der Waals surface area contributed by atoms with Crippen LogP contribution in [-0.4, -0.2) is 45.3 Å². The first-order chi connectivity index (χ1) is 8.40. The lowest BCUT2D eigenvalue weighted by atomic mass is 10.3. The molecule has 0 saturated heterocycles. The zero-order valence-electron chi connectivity index (χ0n) is 9.44. The molecule has 1 aromatic heterocycles. The minimum absolute atomic E-state index is 0.0128. The number of hydrogen-bond donors (Lipinski definition) is 2. The second-order valence-corrected chi connectivity index (χ2v) is 3.63. The van der Waals surface area contributed by atoms with Gasteiger partial charge in [-0.2, -0.15) is 13.2 Å². The number of halogens is 3. The third-order valence-corrected chi connectivity index (χ3v) is 1.97. The number of hydrogen-bond acceptors (Lipinski definition) is 4. The van der Waals surface area contributed by atoms with Crippen molar-refractivity contribution >= 4 is 5.91 Å². The van der Waals surface area contributed by atoms with Crippen molar-refractivity contribution in [3.63, 3.8) is 0 Å². The molecule has 1 aromatic rings. The standard InChI is InChI=1S/C9H13F3N4O2/c10-9(11,12)6-13-8(18)5-16-4-7(14-15-16)2-1-3-17/h4,17H,1-3,5-6H2,(H,13,18). The highest BCUT2D eigenvalue weighted by Crippen LogP contribution is 2.12. The molecule has 1 rings (SSSR count). The van der Waals surface area contributed by atoms with Crippen molar-refractivity contribution in [3.05, 3.63) is 11.9 Å². The molecule has 0 aliphatic heterocycles. The number of rotatable bonds is 6. The first-order valence-electron chi connectivity index (χ1n) is 5.24. The minimum Gasteiger partial charge on any atom is -0.396 e. The van der Waals surface area contributed by atoms with Gasteiger partial charge in [-0.1, -0.05) is 5.21 Å². The summed E-state index contributed by atoms with van der Waals surface area (Å²) in [5.74, 6) is -0.786. The number of aromatic nitrogens is 3. The van der Waals surface area contributed by atoms with Gasteiger partial charge < -0.3 is 10.4 Å². The second kappa shape index (κ2) is 6.34. The van der Waals surface area contributed by atoms with Gasteiger partial charge in [-0.05, 0) is 12.8 Å². The monoisotopic (exact) mass is 266 g/mol. The highest BCUT2D eigenvalue weighted by atomic mass is 19.4. The molecule has 0 spiro atoms. The van der Waals surface area contributed by atoms with Crippen LogP contribution in [0.15, 0.2) is 6.20 Å². The molecule has 0 aliphatic carbocycles. The predicted molar refractivity (Wildman–Crippen MR) is 54.5 cm³/mol. The van der Waals surface area contributed by atoms with E-state index >= 15 is 0 Å². The van der Waals surface area contributed by atoms with Gasteiger partial charge in [0, 0.05) is 12.8 Å². The lowest BCUT2D eigenvalue weighted by Gasteiger charge is -2.07.